The van der Waals surface area contributed by atoms with Crippen LogP contribution in [0.2, 0.25) is 0 Å². The summed E-state index contributed by atoms with van der Waals surface area (Å²) >= 11 is 0. The molecule has 2 heteroatoms. The normalized spacial score (nSPS) is 28.6. The SMILES string of the molecule is CCCN(CCC)C1(CN)CCCCC1(C)C. The molecule has 2 nitrogen and oxygen atoms in total. The van der Waals surface area contributed by atoms with Crippen molar-refractivity contribution in [1.82, 2.24) is 4.90 Å². The second kappa shape index (κ2) is 6.19. The fourth-order valence-corrected chi connectivity index (χ4v) is 3.73. The minimum atomic E-state index is 0.247. The molecular weight excluding hydrogens is 208 g/mol. The Kier molecular flexibility index (Phi) is 5.46. The molecule has 0 aromatic rings. The first-order valence-electron chi connectivity index (χ1n) is 7.49. The predicted octanol–water partition coefficient (Wildman–Crippen LogP) is 3.41. The summed E-state index contributed by atoms with van der Waals surface area (Å²) < 4.78 is 0. The summed E-state index contributed by atoms with van der Waals surface area (Å²) in [7, 11) is 0. The molecule has 1 aliphatic rings. The lowest BCUT2D eigenvalue weighted by Crippen LogP contribution is -2.64. The second-order valence-electron chi connectivity index (χ2n) is 6.31. The summed E-state index contributed by atoms with van der Waals surface area (Å²) in [6.07, 6.45) is 7.81. The zero-order valence-electron chi connectivity index (χ0n) is 12.4. The molecular formula is C15H32N2. The standard InChI is InChI=1S/C15H32N2/c1-5-11-17(12-6-2)15(13-16)10-8-7-9-14(15,3)4/h5-13,16H2,1-4H3. The van der Waals surface area contributed by atoms with Gasteiger partial charge < -0.3 is 5.73 Å². The van der Waals surface area contributed by atoms with Crippen LogP contribution in [0.5, 0.6) is 0 Å². The van der Waals surface area contributed by atoms with E-state index in [4.69, 9.17) is 5.73 Å². The maximum atomic E-state index is 6.23. The predicted molar refractivity (Wildman–Crippen MR) is 76.2 cm³/mol. The summed E-state index contributed by atoms with van der Waals surface area (Å²) in [6.45, 7) is 12.6. The molecule has 1 rings (SSSR count). The van der Waals surface area contributed by atoms with Gasteiger partial charge in [0.2, 0.25) is 0 Å². The Morgan fingerprint density at radius 1 is 1.00 bits per heavy atom. The second-order valence-corrected chi connectivity index (χ2v) is 6.31. The van der Waals surface area contributed by atoms with Crippen LogP contribution in [0.15, 0.2) is 0 Å². The first-order chi connectivity index (χ1) is 8.04. The van der Waals surface area contributed by atoms with E-state index >= 15 is 0 Å². The number of nitrogens with zero attached hydrogens (tertiary/aromatic N) is 1. The summed E-state index contributed by atoms with van der Waals surface area (Å²) in [4.78, 5) is 2.70. The first kappa shape index (κ1) is 15.0. The molecule has 0 saturated heterocycles. The molecule has 0 radical (unpaired) electrons. The Bertz CT molecular complexity index is 219. The largest absolute Gasteiger partial charge is 0.329 e. The maximum Gasteiger partial charge on any atom is 0.0382 e. The van der Waals surface area contributed by atoms with E-state index in [9.17, 15) is 0 Å². The molecule has 1 fully saturated rings. The topological polar surface area (TPSA) is 29.3 Å². The highest BCUT2D eigenvalue weighted by molar-refractivity contribution is 5.04. The summed E-state index contributed by atoms with van der Waals surface area (Å²) in [5.74, 6) is 0. The molecule has 0 aliphatic heterocycles. The Labute approximate surface area is 108 Å². The maximum absolute atomic E-state index is 6.23. The van der Waals surface area contributed by atoms with Gasteiger partial charge in [0.1, 0.15) is 0 Å². The minimum Gasteiger partial charge on any atom is -0.329 e. The zero-order chi connectivity index (χ0) is 12.9. The van der Waals surface area contributed by atoms with Crippen LogP contribution < -0.4 is 5.73 Å². The van der Waals surface area contributed by atoms with Crippen LogP contribution in [0, 0.1) is 5.41 Å². The van der Waals surface area contributed by atoms with Gasteiger partial charge >= 0.3 is 0 Å². The lowest BCUT2D eigenvalue weighted by molar-refractivity contribution is -0.0440. The molecule has 0 heterocycles. The third kappa shape index (κ3) is 2.85. The van der Waals surface area contributed by atoms with Gasteiger partial charge in [-0.2, -0.15) is 0 Å². The van der Waals surface area contributed by atoms with Crippen LogP contribution in [-0.2, 0) is 0 Å². The van der Waals surface area contributed by atoms with Gasteiger partial charge in [0.05, 0.1) is 0 Å². The van der Waals surface area contributed by atoms with E-state index < -0.39 is 0 Å². The van der Waals surface area contributed by atoms with Gasteiger partial charge in [-0.1, -0.05) is 40.5 Å². The summed E-state index contributed by atoms with van der Waals surface area (Å²) in [5.41, 5.74) is 6.85. The van der Waals surface area contributed by atoms with Gasteiger partial charge in [-0.25, -0.2) is 0 Å². The highest BCUT2D eigenvalue weighted by atomic mass is 15.2. The Morgan fingerprint density at radius 3 is 1.94 bits per heavy atom. The van der Waals surface area contributed by atoms with Crippen molar-refractivity contribution in [1.29, 1.82) is 0 Å². The molecule has 2 N–H and O–H groups in total. The van der Waals surface area contributed by atoms with E-state index in [1.54, 1.807) is 0 Å². The number of rotatable bonds is 6. The molecule has 17 heavy (non-hydrogen) atoms. The van der Waals surface area contributed by atoms with Crippen LogP contribution in [0.3, 0.4) is 0 Å². The van der Waals surface area contributed by atoms with Gasteiger partial charge in [0.15, 0.2) is 0 Å². The number of nitrogens with two attached hydrogens (primary N) is 1. The third-order valence-corrected chi connectivity index (χ3v) is 4.83. The highest BCUT2D eigenvalue weighted by Gasteiger charge is 2.48. The van der Waals surface area contributed by atoms with E-state index in [-0.39, 0.29) is 5.54 Å². The van der Waals surface area contributed by atoms with Crippen molar-refractivity contribution in [2.45, 2.75) is 71.8 Å². The van der Waals surface area contributed by atoms with Crippen molar-refractivity contribution in [2.24, 2.45) is 11.1 Å². The van der Waals surface area contributed by atoms with Crippen molar-refractivity contribution < 1.29 is 0 Å². The monoisotopic (exact) mass is 240 g/mol. The van der Waals surface area contributed by atoms with E-state index in [0.29, 0.717) is 5.41 Å². The lowest BCUT2D eigenvalue weighted by atomic mass is 9.62. The Balaban J connectivity index is 2.96. The van der Waals surface area contributed by atoms with Gasteiger partial charge in [0, 0.05) is 12.1 Å². The molecule has 1 unspecified atom stereocenters. The first-order valence-corrected chi connectivity index (χ1v) is 7.49. The molecule has 0 bridgehead atoms. The quantitative estimate of drug-likeness (QED) is 0.771. The highest BCUT2D eigenvalue weighted by Crippen LogP contribution is 2.47. The van der Waals surface area contributed by atoms with Crippen LogP contribution in [0.4, 0.5) is 0 Å². The molecule has 1 atom stereocenters. The average molecular weight is 240 g/mol. The van der Waals surface area contributed by atoms with Crippen LogP contribution >= 0.6 is 0 Å². The lowest BCUT2D eigenvalue weighted by Gasteiger charge is -2.56. The molecule has 1 aliphatic carbocycles. The fraction of sp³-hybridized carbons (Fsp3) is 1.00. The number of hydrogen-bond donors (Lipinski definition) is 1. The van der Waals surface area contributed by atoms with E-state index in [0.717, 1.165) is 6.54 Å². The fourth-order valence-electron chi connectivity index (χ4n) is 3.73. The van der Waals surface area contributed by atoms with Crippen molar-refractivity contribution in [3.05, 3.63) is 0 Å². The third-order valence-electron chi connectivity index (χ3n) is 4.83. The average Bonchev–Trinajstić information content (AvgIpc) is 2.29. The van der Waals surface area contributed by atoms with Crippen molar-refractivity contribution >= 4 is 0 Å². The summed E-state index contributed by atoms with van der Waals surface area (Å²) in [6, 6.07) is 0. The molecule has 0 amide bonds. The van der Waals surface area contributed by atoms with Gasteiger partial charge in [0.25, 0.3) is 0 Å². The van der Waals surface area contributed by atoms with E-state index in [1.165, 1.54) is 51.6 Å². The molecule has 1 saturated carbocycles. The smallest absolute Gasteiger partial charge is 0.0382 e. The molecule has 0 aromatic heterocycles. The minimum absolute atomic E-state index is 0.247. The molecule has 102 valence electrons. The number of hydrogen-bond acceptors (Lipinski definition) is 2. The van der Waals surface area contributed by atoms with E-state index in [1.807, 2.05) is 0 Å². The van der Waals surface area contributed by atoms with Gasteiger partial charge in [-0.3, -0.25) is 4.90 Å². The van der Waals surface area contributed by atoms with Crippen molar-refractivity contribution in [3.8, 4) is 0 Å². The Morgan fingerprint density at radius 2 is 1.53 bits per heavy atom. The molecule has 0 aromatic carbocycles. The zero-order valence-corrected chi connectivity index (χ0v) is 12.4. The van der Waals surface area contributed by atoms with Crippen LogP contribution in [-0.4, -0.2) is 30.1 Å². The van der Waals surface area contributed by atoms with Crippen LogP contribution in [0.25, 0.3) is 0 Å². The Hall–Kier alpha value is -0.0800. The van der Waals surface area contributed by atoms with Crippen LogP contribution in [0.1, 0.15) is 66.2 Å². The van der Waals surface area contributed by atoms with E-state index in [2.05, 4.69) is 32.6 Å². The van der Waals surface area contributed by atoms with Crippen molar-refractivity contribution in [3.63, 3.8) is 0 Å². The van der Waals surface area contributed by atoms with Gasteiger partial charge in [-0.15, -0.1) is 0 Å². The van der Waals surface area contributed by atoms with Gasteiger partial charge in [-0.05, 0) is 44.2 Å². The summed E-state index contributed by atoms with van der Waals surface area (Å²) in [5, 5.41) is 0. The van der Waals surface area contributed by atoms with Crippen molar-refractivity contribution in [2.75, 3.05) is 19.6 Å². The molecule has 0 spiro atoms.